The Hall–Kier alpha value is -2.68. The SMILES string of the molecule is O=C(O)C1=CC(C(=O)O)C(O)(C(=O)O)C=C1C(=O)O. The molecule has 0 aromatic heterocycles. The van der Waals surface area contributed by atoms with E-state index in [0.717, 1.165) is 0 Å². The average Bonchev–Trinajstić information content (AvgIpc) is 2.27. The fourth-order valence-corrected chi connectivity index (χ4v) is 1.59. The van der Waals surface area contributed by atoms with Gasteiger partial charge >= 0.3 is 23.9 Å². The highest BCUT2D eigenvalue weighted by molar-refractivity contribution is 6.08. The first-order chi connectivity index (χ1) is 8.61. The van der Waals surface area contributed by atoms with Crippen LogP contribution in [-0.4, -0.2) is 55.0 Å². The normalized spacial score (nSPS) is 26.1. The van der Waals surface area contributed by atoms with Gasteiger partial charge in [-0.1, -0.05) is 6.08 Å². The molecule has 0 bridgehead atoms. The van der Waals surface area contributed by atoms with Crippen LogP contribution in [0.4, 0.5) is 0 Å². The lowest BCUT2D eigenvalue weighted by Crippen LogP contribution is -2.49. The van der Waals surface area contributed by atoms with Crippen LogP contribution in [0.3, 0.4) is 0 Å². The minimum atomic E-state index is -3.03. The number of carbonyl (C=O) groups is 4. The summed E-state index contributed by atoms with van der Waals surface area (Å²) in [4.78, 5) is 43.4. The van der Waals surface area contributed by atoms with Crippen molar-refractivity contribution < 1.29 is 44.7 Å². The third-order valence-electron chi connectivity index (χ3n) is 2.53. The van der Waals surface area contributed by atoms with E-state index in [1.54, 1.807) is 0 Å². The molecule has 5 N–H and O–H groups in total. The molecule has 102 valence electrons. The summed E-state index contributed by atoms with van der Waals surface area (Å²) in [5.74, 6) is -9.45. The Morgan fingerprint density at radius 3 is 1.74 bits per heavy atom. The molecule has 19 heavy (non-hydrogen) atoms. The highest BCUT2D eigenvalue weighted by atomic mass is 16.4. The van der Waals surface area contributed by atoms with Crippen LogP contribution in [0.15, 0.2) is 23.3 Å². The molecule has 0 saturated heterocycles. The van der Waals surface area contributed by atoms with Gasteiger partial charge in [-0.25, -0.2) is 14.4 Å². The van der Waals surface area contributed by atoms with Gasteiger partial charge in [0.15, 0.2) is 5.60 Å². The molecule has 2 unspecified atom stereocenters. The molecule has 0 heterocycles. The summed E-state index contributed by atoms with van der Waals surface area (Å²) < 4.78 is 0. The zero-order valence-electron chi connectivity index (χ0n) is 9.10. The number of hydrogen-bond donors (Lipinski definition) is 5. The van der Waals surface area contributed by atoms with Gasteiger partial charge in [0.2, 0.25) is 0 Å². The van der Waals surface area contributed by atoms with Crippen molar-refractivity contribution in [2.24, 2.45) is 5.92 Å². The highest BCUT2D eigenvalue weighted by Gasteiger charge is 2.50. The second-order valence-corrected chi connectivity index (χ2v) is 3.70. The molecule has 0 aromatic carbocycles. The van der Waals surface area contributed by atoms with Crippen LogP contribution in [0.25, 0.3) is 0 Å². The van der Waals surface area contributed by atoms with Crippen molar-refractivity contribution in [2.45, 2.75) is 5.60 Å². The maximum absolute atomic E-state index is 10.9. The third kappa shape index (κ3) is 2.31. The van der Waals surface area contributed by atoms with Crippen molar-refractivity contribution in [2.75, 3.05) is 0 Å². The van der Waals surface area contributed by atoms with E-state index in [0.29, 0.717) is 6.08 Å². The maximum atomic E-state index is 10.9. The van der Waals surface area contributed by atoms with Crippen molar-refractivity contribution in [1.29, 1.82) is 0 Å². The summed E-state index contributed by atoms with van der Waals surface area (Å²) in [6.07, 6.45) is 0.599. The number of carboxylic acids is 4. The topological polar surface area (TPSA) is 169 Å². The van der Waals surface area contributed by atoms with E-state index in [2.05, 4.69) is 0 Å². The van der Waals surface area contributed by atoms with E-state index < -0.39 is 46.5 Å². The predicted octanol–water partition coefficient (Wildman–Crippen LogP) is -1.46. The first kappa shape index (κ1) is 14.4. The van der Waals surface area contributed by atoms with Gasteiger partial charge in [0.05, 0.1) is 11.1 Å². The van der Waals surface area contributed by atoms with Crippen LogP contribution in [0, 0.1) is 5.92 Å². The second-order valence-electron chi connectivity index (χ2n) is 3.70. The van der Waals surface area contributed by atoms with E-state index >= 15 is 0 Å². The van der Waals surface area contributed by atoms with Crippen LogP contribution in [-0.2, 0) is 19.2 Å². The van der Waals surface area contributed by atoms with E-state index in [1.807, 2.05) is 0 Å². The largest absolute Gasteiger partial charge is 0.481 e. The summed E-state index contributed by atoms with van der Waals surface area (Å²) in [6.45, 7) is 0. The monoisotopic (exact) mass is 272 g/mol. The Labute approximate surface area is 104 Å². The molecular weight excluding hydrogens is 264 g/mol. The molecule has 0 spiro atoms. The fourth-order valence-electron chi connectivity index (χ4n) is 1.59. The second kappa shape index (κ2) is 4.53. The summed E-state index contributed by atoms with van der Waals surface area (Å²) >= 11 is 0. The van der Waals surface area contributed by atoms with Gasteiger partial charge in [0.25, 0.3) is 0 Å². The third-order valence-corrected chi connectivity index (χ3v) is 2.53. The lowest BCUT2D eigenvalue weighted by molar-refractivity contribution is -0.165. The zero-order chi connectivity index (χ0) is 15.0. The van der Waals surface area contributed by atoms with E-state index in [-0.39, 0.29) is 6.08 Å². The molecule has 1 aliphatic rings. The molecule has 9 heteroatoms. The fraction of sp³-hybridized carbons (Fsp3) is 0.200. The van der Waals surface area contributed by atoms with Gasteiger partial charge in [0, 0.05) is 0 Å². The van der Waals surface area contributed by atoms with Gasteiger partial charge in [-0.2, -0.15) is 0 Å². The molecule has 1 rings (SSSR count). The van der Waals surface area contributed by atoms with E-state index in [9.17, 15) is 24.3 Å². The van der Waals surface area contributed by atoms with Crippen LogP contribution >= 0.6 is 0 Å². The molecule has 1 aliphatic carbocycles. The van der Waals surface area contributed by atoms with Gasteiger partial charge in [-0.05, 0) is 6.08 Å². The van der Waals surface area contributed by atoms with Gasteiger partial charge in [0.1, 0.15) is 5.92 Å². The molecule has 2 atom stereocenters. The van der Waals surface area contributed by atoms with E-state index in [1.165, 1.54) is 0 Å². The van der Waals surface area contributed by atoms with Crippen molar-refractivity contribution >= 4 is 23.9 Å². The molecule has 0 radical (unpaired) electrons. The molecule has 0 aliphatic heterocycles. The van der Waals surface area contributed by atoms with Crippen LogP contribution in [0.5, 0.6) is 0 Å². The van der Waals surface area contributed by atoms with Gasteiger partial charge in [-0.15, -0.1) is 0 Å². The van der Waals surface area contributed by atoms with Crippen LogP contribution < -0.4 is 0 Å². The standard InChI is InChI=1S/C10H8O9/c11-6(12)3-1-5(8(15)16)10(19,9(17)18)2-4(3)7(13)14/h1-2,5,19H,(H,11,12)(H,13,14)(H,15,16)(H,17,18). The molecule has 9 nitrogen and oxygen atoms in total. The van der Waals surface area contributed by atoms with Crippen molar-refractivity contribution in [3.05, 3.63) is 23.3 Å². The number of carboxylic acid groups (broad SMARTS) is 4. The van der Waals surface area contributed by atoms with Crippen molar-refractivity contribution in [3.8, 4) is 0 Å². The first-order valence-electron chi connectivity index (χ1n) is 4.71. The smallest absolute Gasteiger partial charge is 0.341 e. The molecule has 0 fully saturated rings. The Bertz CT molecular complexity index is 541. The summed E-state index contributed by atoms with van der Waals surface area (Å²) in [5.41, 5.74) is -4.92. The Morgan fingerprint density at radius 1 is 0.947 bits per heavy atom. The Balaban J connectivity index is 3.54. The lowest BCUT2D eigenvalue weighted by atomic mass is 9.78. The Morgan fingerprint density at radius 2 is 1.42 bits per heavy atom. The minimum absolute atomic E-state index is 0.208. The zero-order valence-corrected chi connectivity index (χ0v) is 9.10. The average molecular weight is 272 g/mol. The van der Waals surface area contributed by atoms with Gasteiger partial charge < -0.3 is 25.5 Å². The predicted molar refractivity (Wildman–Crippen MR) is 55.1 cm³/mol. The van der Waals surface area contributed by atoms with Crippen molar-refractivity contribution in [3.63, 3.8) is 0 Å². The van der Waals surface area contributed by atoms with E-state index in [4.69, 9.17) is 20.4 Å². The Kier molecular flexibility index (Phi) is 3.43. The molecule has 0 saturated carbocycles. The summed E-state index contributed by atoms with van der Waals surface area (Å²) in [5, 5.41) is 44.9. The molecule has 0 amide bonds. The molecular formula is C10H8O9. The summed E-state index contributed by atoms with van der Waals surface area (Å²) in [6, 6.07) is 0. The number of aliphatic carboxylic acids is 4. The quantitative estimate of drug-likeness (QED) is 0.410. The number of rotatable bonds is 4. The highest BCUT2D eigenvalue weighted by Crippen LogP contribution is 2.32. The van der Waals surface area contributed by atoms with Crippen LogP contribution in [0.1, 0.15) is 0 Å². The number of hydrogen-bond acceptors (Lipinski definition) is 5. The first-order valence-corrected chi connectivity index (χ1v) is 4.71. The van der Waals surface area contributed by atoms with Gasteiger partial charge in [-0.3, -0.25) is 4.79 Å². The number of aliphatic hydroxyl groups is 1. The minimum Gasteiger partial charge on any atom is -0.481 e. The van der Waals surface area contributed by atoms with Crippen molar-refractivity contribution in [1.82, 2.24) is 0 Å². The maximum Gasteiger partial charge on any atom is 0.341 e. The van der Waals surface area contributed by atoms with Crippen LogP contribution in [0.2, 0.25) is 0 Å². The lowest BCUT2D eigenvalue weighted by Gasteiger charge is -2.29. The summed E-state index contributed by atoms with van der Waals surface area (Å²) in [7, 11) is 0. The molecule has 0 aromatic rings.